The summed E-state index contributed by atoms with van der Waals surface area (Å²) in [7, 11) is 0. The molecule has 0 aromatic carbocycles. The first-order chi connectivity index (χ1) is 10.9. The van der Waals surface area contributed by atoms with Crippen molar-refractivity contribution >= 4 is 5.97 Å². The third kappa shape index (κ3) is 2.77. The molecule has 0 amide bonds. The lowest BCUT2D eigenvalue weighted by molar-refractivity contribution is -0.136. The monoisotopic (exact) mass is 318 g/mol. The molecular formula is C20H30O3. The fourth-order valence-electron chi connectivity index (χ4n) is 5.70. The van der Waals surface area contributed by atoms with Crippen LogP contribution in [0.15, 0.2) is 23.8 Å². The second kappa shape index (κ2) is 6.08. The maximum absolute atomic E-state index is 11.7. The molecule has 0 aromatic heterocycles. The Morgan fingerprint density at radius 2 is 2.17 bits per heavy atom. The summed E-state index contributed by atoms with van der Waals surface area (Å²) in [6, 6.07) is 0. The lowest BCUT2D eigenvalue weighted by Gasteiger charge is -2.58. The van der Waals surface area contributed by atoms with Crippen molar-refractivity contribution in [2.75, 3.05) is 13.2 Å². The number of carbonyl (C=O) groups excluding carboxylic acids is 1. The van der Waals surface area contributed by atoms with Crippen LogP contribution in [0.1, 0.15) is 58.8 Å². The predicted molar refractivity (Wildman–Crippen MR) is 90.8 cm³/mol. The molecule has 0 saturated heterocycles. The number of hydrogen-bond donors (Lipinski definition) is 1. The number of allylic oxidation sites excluding steroid dienone is 1. The van der Waals surface area contributed by atoms with E-state index in [1.807, 2.05) is 6.08 Å². The van der Waals surface area contributed by atoms with Crippen LogP contribution >= 0.6 is 0 Å². The number of esters is 1. The van der Waals surface area contributed by atoms with Crippen molar-refractivity contribution in [2.24, 2.45) is 22.7 Å². The van der Waals surface area contributed by atoms with E-state index in [2.05, 4.69) is 20.4 Å². The van der Waals surface area contributed by atoms with Crippen LogP contribution < -0.4 is 0 Å². The van der Waals surface area contributed by atoms with Crippen LogP contribution in [0.5, 0.6) is 0 Å². The zero-order chi connectivity index (χ0) is 16.7. The fraction of sp³-hybridized carbons (Fsp3) is 0.750. The Morgan fingerprint density at radius 3 is 2.83 bits per heavy atom. The maximum Gasteiger partial charge on any atom is 0.334 e. The summed E-state index contributed by atoms with van der Waals surface area (Å²) in [6.07, 6.45) is 9.42. The van der Waals surface area contributed by atoms with Gasteiger partial charge in [-0.2, -0.15) is 0 Å². The smallest absolute Gasteiger partial charge is 0.334 e. The molecule has 1 heterocycles. The summed E-state index contributed by atoms with van der Waals surface area (Å²) in [4.78, 5) is 11.7. The first-order valence-corrected chi connectivity index (χ1v) is 9.05. The Bertz CT molecular complexity index is 535. The number of rotatable bonds is 4. The van der Waals surface area contributed by atoms with E-state index >= 15 is 0 Å². The number of fused-ring (bicyclic) bond motifs is 1. The second-order valence-electron chi connectivity index (χ2n) is 8.34. The molecule has 1 aliphatic heterocycles. The minimum Gasteiger partial charge on any atom is -0.458 e. The van der Waals surface area contributed by atoms with E-state index in [0.29, 0.717) is 18.4 Å². The number of carbonyl (C=O) groups is 1. The molecule has 3 aliphatic rings. The molecule has 2 saturated carbocycles. The Morgan fingerprint density at radius 1 is 1.39 bits per heavy atom. The lowest BCUT2D eigenvalue weighted by atomic mass is 9.47. The first kappa shape index (κ1) is 16.8. The van der Waals surface area contributed by atoms with Gasteiger partial charge < -0.3 is 9.84 Å². The summed E-state index contributed by atoms with van der Waals surface area (Å²) in [5.74, 6) is 0.854. The van der Waals surface area contributed by atoms with Gasteiger partial charge in [0.2, 0.25) is 0 Å². The van der Waals surface area contributed by atoms with Gasteiger partial charge in [-0.1, -0.05) is 32.4 Å². The fourth-order valence-corrected chi connectivity index (χ4v) is 5.70. The van der Waals surface area contributed by atoms with Crippen molar-refractivity contribution in [3.05, 3.63) is 23.8 Å². The highest BCUT2D eigenvalue weighted by Gasteiger charge is 2.54. The quantitative estimate of drug-likeness (QED) is 0.629. The Balaban J connectivity index is 1.80. The zero-order valence-electron chi connectivity index (χ0n) is 14.6. The number of cyclic esters (lactones) is 1. The zero-order valence-corrected chi connectivity index (χ0v) is 14.6. The van der Waals surface area contributed by atoms with Gasteiger partial charge in [0.25, 0.3) is 0 Å². The minimum atomic E-state index is -0.142. The van der Waals surface area contributed by atoms with Crippen LogP contribution in [0.3, 0.4) is 0 Å². The number of aliphatic hydroxyl groups is 1. The summed E-state index contributed by atoms with van der Waals surface area (Å²) in [5, 5.41) is 10.0. The van der Waals surface area contributed by atoms with Gasteiger partial charge in [-0.3, -0.25) is 0 Å². The van der Waals surface area contributed by atoms with E-state index in [0.717, 1.165) is 37.7 Å². The normalized spacial score (nSPS) is 40.6. The SMILES string of the molecule is C=C1CC[C@H]2[C@@](C)(CO)CCC[C@]2(C)[C@H]1CCC1=CCOC1=O. The molecule has 0 unspecified atom stereocenters. The molecule has 0 bridgehead atoms. The summed E-state index contributed by atoms with van der Waals surface area (Å²) in [5.41, 5.74) is 2.42. The van der Waals surface area contributed by atoms with E-state index in [9.17, 15) is 9.90 Å². The van der Waals surface area contributed by atoms with Crippen molar-refractivity contribution < 1.29 is 14.6 Å². The highest BCUT2D eigenvalue weighted by molar-refractivity contribution is 5.90. The van der Waals surface area contributed by atoms with Crippen molar-refractivity contribution in [1.29, 1.82) is 0 Å². The highest BCUT2D eigenvalue weighted by Crippen LogP contribution is 2.61. The van der Waals surface area contributed by atoms with Gasteiger partial charge in [-0.05, 0) is 67.3 Å². The molecule has 0 radical (unpaired) electrons. The van der Waals surface area contributed by atoms with Crippen LogP contribution in [0.4, 0.5) is 0 Å². The molecule has 0 aromatic rings. The number of hydrogen-bond acceptors (Lipinski definition) is 3. The largest absolute Gasteiger partial charge is 0.458 e. The Hall–Kier alpha value is -1.09. The molecule has 128 valence electrons. The maximum atomic E-state index is 11.7. The second-order valence-corrected chi connectivity index (χ2v) is 8.34. The minimum absolute atomic E-state index is 0.0392. The van der Waals surface area contributed by atoms with E-state index in [1.165, 1.54) is 18.4 Å². The number of aliphatic hydroxyl groups excluding tert-OH is 1. The molecule has 4 atom stereocenters. The molecule has 1 N–H and O–H groups in total. The van der Waals surface area contributed by atoms with Crippen LogP contribution in [0.2, 0.25) is 0 Å². The van der Waals surface area contributed by atoms with Crippen LogP contribution in [0, 0.1) is 22.7 Å². The van der Waals surface area contributed by atoms with Gasteiger partial charge in [0.15, 0.2) is 0 Å². The van der Waals surface area contributed by atoms with Crippen LogP contribution in [-0.4, -0.2) is 24.3 Å². The van der Waals surface area contributed by atoms with Gasteiger partial charge in [0.1, 0.15) is 6.61 Å². The van der Waals surface area contributed by atoms with Gasteiger partial charge >= 0.3 is 5.97 Å². The Labute approximate surface area is 139 Å². The molecule has 23 heavy (non-hydrogen) atoms. The van der Waals surface area contributed by atoms with E-state index in [1.54, 1.807) is 0 Å². The summed E-state index contributed by atoms with van der Waals surface area (Å²) < 4.78 is 5.03. The van der Waals surface area contributed by atoms with Gasteiger partial charge in [-0.15, -0.1) is 0 Å². The molecule has 3 nitrogen and oxygen atoms in total. The molecular weight excluding hydrogens is 288 g/mol. The molecule has 3 rings (SSSR count). The standard InChI is InChI=1S/C20H30O3/c1-14-5-8-17-19(2,13-21)10-4-11-20(17,3)16(14)7-6-15-9-12-23-18(15)22/h9,16-17,21H,1,4-8,10-13H2,2-3H3/t16-,17-,19+,20+/m0/s1. The van der Waals surface area contributed by atoms with Crippen molar-refractivity contribution in [1.82, 2.24) is 0 Å². The summed E-state index contributed by atoms with van der Waals surface area (Å²) in [6.45, 7) is 9.75. The average molecular weight is 318 g/mol. The third-order valence-corrected chi connectivity index (χ3v) is 7.01. The van der Waals surface area contributed by atoms with Gasteiger partial charge in [-0.25, -0.2) is 4.79 Å². The third-order valence-electron chi connectivity index (χ3n) is 7.01. The van der Waals surface area contributed by atoms with E-state index < -0.39 is 0 Å². The van der Waals surface area contributed by atoms with Crippen molar-refractivity contribution in [3.63, 3.8) is 0 Å². The lowest BCUT2D eigenvalue weighted by Crippen LogP contribution is -2.51. The van der Waals surface area contributed by atoms with Crippen molar-refractivity contribution in [3.8, 4) is 0 Å². The topological polar surface area (TPSA) is 46.5 Å². The molecule has 3 heteroatoms. The highest BCUT2D eigenvalue weighted by atomic mass is 16.5. The van der Waals surface area contributed by atoms with Crippen LogP contribution in [-0.2, 0) is 9.53 Å². The van der Waals surface area contributed by atoms with E-state index in [-0.39, 0.29) is 23.4 Å². The average Bonchev–Trinajstić information content (AvgIpc) is 2.91. The van der Waals surface area contributed by atoms with Gasteiger partial charge in [0.05, 0.1) is 0 Å². The summed E-state index contributed by atoms with van der Waals surface area (Å²) >= 11 is 0. The Kier molecular flexibility index (Phi) is 4.43. The van der Waals surface area contributed by atoms with Crippen molar-refractivity contribution in [2.45, 2.75) is 58.8 Å². The predicted octanol–water partition coefficient (Wildman–Crippen LogP) is 4.02. The van der Waals surface area contributed by atoms with E-state index in [4.69, 9.17) is 4.74 Å². The first-order valence-electron chi connectivity index (χ1n) is 9.05. The van der Waals surface area contributed by atoms with Gasteiger partial charge in [0, 0.05) is 12.2 Å². The molecule has 0 spiro atoms. The number of ether oxygens (including phenoxy) is 1. The molecule has 2 fully saturated rings. The van der Waals surface area contributed by atoms with Crippen LogP contribution in [0.25, 0.3) is 0 Å². The molecule has 2 aliphatic carbocycles.